The van der Waals surface area contributed by atoms with E-state index in [9.17, 15) is 9.59 Å². The fourth-order valence-corrected chi connectivity index (χ4v) is 2.80. The molecule has 122 valence electrons. The van der Waals surface area contributed by atoms with Crippen molar-refractivity contribution in [2.45, 2.75) is 64.8 Å². The van der Waals surface area contributed by atoms with E-state index < -0.39 is 11.4 Å². The van der Waals surface area contributed by atoms with Gasteiger partial charge in [0.25, 0.3) is 0 Å². The van der Waals surface area contributed by atoms with Gasteiger partial charge in [-0.2, -0.15) is 0 Å². The Labute approximate surface area is 128 Å². The predicted molar refractivity (Wildman–Crippen MR) is 83.2 cm³/mol. The Balaban J connectivity index is 2.15. The third-order valence-corrected chi connectivity index (χ3v) is 4.39. The van der Waals surface area contributed by atoms with Gasteiger partial charge in [0.2, 0.25) is 5.91 Å². The zero-order valence-corrected chi connectivity index (χ0v) is 13.7. The quantitative estimate of drug-likeness (QED) is 0.674. The molecular formula is C16H30N2O3. The summed E-state index contributed by atoms with van der Waals surface area (Å²) in [7, 11) is 2.16. The van der Waals surface area contributed by atoms with Gasteiger partial charge in [-0.3, -0.25) is 9.59 Å². The van der Waals surface area contributed by atoms with Crippen LogP contribution in [0.3, 0.4) is 0 Å². The summed E-state index contributed by atoms with van der Waals surface area (Å²) in [6, 6.07) is 0.695. The van der Waals surface area contributed by atoms with Crippen LogP contribution in [-0.4, -0.2) is 48.1 Å². The van der Waals surface area contributed by atoms with E-state index in [0.29, 0.717) is 12.6 Å². The van der Waals surface area contributed by atoms with E-state index in [0.717, 1.165) is 13.0 Å². The maximum atomic E-state index is 11.7. The number of aliphatic carboxylic acids is 1. The van der Waals surface area contributed by atoms with Crippen molar-refractivity contribution in [2.24, 2.45) is 5.41 Å². The van der Waals surface area contributed by atoms with Gasteiger partial charge in [0.05, 0.1) is 5.41 Å². The lowest BCUT2D eigenvalue weighted by molar-refractivity contribution is -0.149. The first kappa shape index (κ1) is 18.0. The zero-order chi connectivity index (χ0) is 15.9. The number of hydrogen-bond acceptors (Lipinski definition) is 3. The molecule has 0 aromatic carbocycles. The van der Waals surface area contributed by atoms with E-state index >= 15 is 0 Å². The summed E-state index contributed by atoms with van der Waals surface area (Å²) in [6.45, 7) is 4.75. The van der Waals surface area contributed by atoms with Crippen LogP contribution in [-0.2, 0) is 9.59 Å². The number of nitrogens with one attached hydrogen (secondary N) is 1. The number of nitrogens with zero attached hydrogens (tertiary/aromatic N) is 1. The molecule has 0 heterocycles. The lowest BCUT2D eigenvalue weighted by Gasteiger charge is -2.31. The first-order valence-electron chi connectivity index (χ1n) is 8.03. The van der Waals surface area contributed by atoms with Crippen molar-refractivity contribution in [3.63, 3.8) is 0 Å². The topological polar surface area (TPSA) is 69.6 Å². The van der Waals surface area contributed by atoms with E-state index in [2.05, 4.69) is 17.3 Å². The fraction of sp³-hybridized carbons (Fsp3) is 0.875. The van der Waals surface area contributed by atoms with Crippen LogP contribution >= 0.6 is 0 Å². The molecule has 1 aliphatic carbocycles. The second kappa shape index (κ2) is 8.37. The molecule has 1 rings (SSSR count). The second-order valence-corrected chi connectivity index (χ2v) is 6.84. The van der Waals surface area contributed by atoms with Crippen LogP contribution in [0, 0.1) is 5.41 Å². The van der Waals surface area contributed by atoms with Crippen molar-refractivity contribution >= 4 is 11.9 Å². The van der Waals surface area contributed by atoms with Gasteiger partial charge in [0.15, 0.2) is 0 Å². The number of carboxylic acids is 1. The minimum absolute atomic E-state index is 0.0286. The highest BCUT2D eigenvalue weighted by molar-refractivity contribution is 5.84. The Bertz CT molecular complexity index is 349. The molecule has 0 radical (unpaired) electrons. The van der Waals surface area contributed by atoms with E-state index in [1.165, 1.54) is 32.1 Å². The molecule has 21 heavy (non-hydrogen) atoms. The number of hydrogen-bond donors (Lipinski definition) is 2. The highest BCUT2D eigenvalue weighted by Gasteiger charge is 2.29. The summed E-state index contributed by atoms with van der Waals surface area (Å²) >= 11 is 0. The Kier molecular flexibility index (Phi) is 7.15. The van der Waals surface area contributed by atoms with E-state index in [1.54, 1.807) is 13.8 Å². The van der Waals surface area contributed by atoms with Crippen LogP contribution in [0.4, 0.5) is 0 Å². The maximum Gasteiger partial charge on any atom is 0.309 e. The van der Waals surface area contributed by atoms with E-state index in [4.69, 9.17) is 5.11 Å². The van der Waals surface area contributed by atoms with Crippen molar-refractivity contribution in [1.29, 1.82) is 0 Å². The SMILES string of the molecule is CN(CCCNC(=O)CC(C)(C)C(=O)O)C1CCCCC1. The molecule has 0 saturated heterocycles. The van der Waals surface area contributed by atoms with Gasteiger partial charge in [0, 0.05) is 19.0 Å². The van der Waals surface area contributed by atoms with Crippen LogP contribution in [0.25, 0.3) is 0 Å². The van der Waals surface area contributed by atoms with Crippen LogP contribution < -0.4 is 5.32 Å². The van der Waals surface area contributed by atoms with Gasteiger partial charge < -0.3 is 15.3 Å². The molecule has 5 nitrogen and oxygen atoms in total. The molecule has 0 aromatic heterocycles. The Morgan fingerprint density at radius 1 is 1.24 bits per heavy atom. The maximum absolute atomic E-state index is 11.7. The monoisotopic (exact) mass is 298 g/mol. The highest BCUT2D eigenvalue weighted by atomic mass is 16.4. The van der Waals surface area contributed by atoms with Crippen molar-refractivity contribution in [2.75, 3.05) is 20.1 Å². The van der Waals surface area contributed by atoms with Crippen LogP contribution in [0.1, 0.15) is 58.8 Å². The first-order chi connectivity index (χ1) is 9.83. The molecule has 1 fully saturated rings. The highest BCUT2D eigenvalue weighted by Crippen LogP contribution is 2.22. The van der Waals surface area contributed by atoms with Gasteiger partial charge >= 0.3 is 5.97 Å². The van der Waals surface area contributed by atoms with Crippen molar-refractivity contribution in [3.05, 3.63) is 0 Å². The summed E-state index contributed by atoms with van der Waals surface area (Å²) in [4.78, 5) is 25.1. The van der Waals surface area contributed by atoms with Crippen LogP contribution in [0.2, 0.25) is 0 Å². The minimum atomic E-state index is -0.997. The Morgan fingerprint density at radius 2 is 1.86 bits per heavy atom. The second-order valence-electron chi connectivity index (χ2n) is 6.84. The number of amides is 1. The third kappa shape index (κ3) is 6.46. The predicted octanol–water partition coefficient (Wildman–Crippen LogP) is 2.26. The molecule has 0 spiro atoms. The molecular weight excluding hydrogens is 268 g/mol. The molecule has 1 aliphatic rings. The molecule has 0 aromatic rings. The summed E-state index contributed by atoms with van der Waals surface area (Å²) in [6.07, 6.45) is 7.53. The standard InChI is InChI=1S/C16H30N2O3/c1-16(2,15(20)21)12-14(19)17-10-7-11-18(3)13-8-5-4-6-9-13/h13H,4-12H2,1-3H3,(H,17,19)(H,20,21). The molecule has 1 saturated carbocycles. The molecule has 2 N–H and O–H groups in total. The number of carbonyl (C=O) groups excluding carboxylic acids is 1. The van der Waals surface area contributed by atoms with Gasteiger partial charge in [0.1, 0.15) is 0 Å². The summed E-state index contributed by atoms with van der Waals surface area (Å²) in [5.41, 5.74) is -0.997. The van der Waals surface area contributed by atoms with Crippen molar-refractivity contribution < 1.29 is 14.7 Å². The number of carbonyl (C=O) groups is 2. The summed E-state index contributed by atoms with van der Waals surface area (Å²) in [5.74, 6) is -1.11. The normalized spacial score (nSPS) is 17.0. The molecule has 0 unspecified atom stereocenters. The minimum Gasteiger partial charge on any atom is -0.481 e. The van der Waals surface area contributed by atoms with Gasteiger partial charge in [-0.25, -0.2) is 0 Å². The first-order valence-corrected chi connectivity index (χ1v) is 8.03. The summed E-state index contributed by atoms with van der Waals surface area (Å²) in [5, 5.41) is 11.8. The largest absolute Gasteiger partial charge is 0.481 e. The Morgan fingerprint density at radius 3 is 2.43 bits per heavy atom. The lowest BCUT2D eigenvalue weighted by Crippen LogP contribution is -2.37. The van der Waals surface area contributed by atoms with Crippen LogP contribution in [0.5, 0.6) is 0 Å². The molecule has 0 aliphatic heterocycles. The Hall–Kier alpha value is -1.10. The van der Waals surface area contributed by atoms with Crippen LogP contribution in [0.15, 0.2) is 0 Å². The number of carboxylic acid groups (broad SMARTS) is 1. The average molecular weight is 298 g/mol. The molecule has 5 heteroatoms. The van der Waals surface area contributed by atoms with Crippen molar-refractivity contribution in [1.82, 2.24) is 10.2 Å². The smallest absolute Gasteiger partial charge is 0.309 e. The fourth-order valence-electron chi connectivity index (χ4n) is 2.80. The van der Waals surface area contributed by atoms with Crippen molar-refractivity contribution in [3.8, 4) is 0 Å². The zero-order valence-electron chi connectivity index (χ0n) is 13.7. The molecule has 0 atom stereocenters. The third-order valence-electron chi connectivity index (χ3n) is 4.39. The molecule has 1 amide bonds. The van der Waals surface area contributed by atoms with E-state index in [1.807, 2.05) is 0 Å². The number of rotatable bonds is 8. The average Bonchev–Trinajstić information content (AvgIpc) is 2.43. The summed E-state index contributed by atoms with van der Waals surface area (Å²) < 4.78 is 0. The molecule has 0 bridgehead atoms. The lowest BCUT2D eigenvalue weighted by atomic mass is 9.89. The van der Waals surface area contributed by atoms with E-state index in [-0.39, 0.29) is 12.3 Å². The van der Waals surface area contributed by atoms with Gasteiger partial charge in [-0.1, -0.05) is 19.3 Å². The van der Waals surface area contributed by atoms with Gasteiger partial charge in [-0.05, 0) is 46.7 Å². The van der Waals surface area contributed by atoms with Gasteiger partial charge in [-0.15, -0.1) is 0 Å².